The molecule has 0 spiro atoms. The summed E-state index contributed by atoms with van der Waals surface area (Å²) in [6, 6.07) is 1.25. The van der Waals surface area contributed by atoms with Crippen LogP contribution < -0.4 is 5.32 Å². The molecule has 10 heavy (non-hydrogen) atoms. The smallest absolute Gasteiger partial charge is 0.0569 e. The Bertz CT molecular complexity index is 110. The first-order valence-electron chi connectivity index (χ1n) is 4.29. The highest BCUT2D eigenvalue weighted by Gasteiger charge is 2.29. The normalized spacial score (nSPS) is 47.1. The van der Waals surface area contributed by atoms with E-state index in [4.69, 9.17) is 0 Å². The average Bonchev–Trinajstić information content (AvgIpc) is 1.85. The largest absolute Gasteiger partial charge is 0.393 e. The zero-order valence-electron chi connectivity index (χ0n) is 6.21. The van der Waals surface area contributed by atoms with Crippen LogP contribution in [0.4, 0.5) is 0 Å². The highest BCUT2D eigenvalue weighted by Crippen LogP contribution is 2.25. The topological polar surface area (TPSA) is 32.3 Å². The van der Waals surface area contributed by atoms with Crippen molar-refractivity contribution in [1.29, 1.82) is 0 Å². The lowest BCUT2D eigenvalue weighted by Gasteiger charge is -2.38. The van der Waals surface area contributed by atoms with E-state index in [-0.39, 0.29) is 6.10 Å². The minimum atomic E-state index is -0.0171. The van der Waals surface area contributed by atoms with Crippen LogP contribution in [0.3, 0.4) is 0 Å². The van der Waals surface area contributed by atoms with E-state index < -0.39 is 0 Å². The van der Waals surface area contributed by atoms with Crippen LogP contribution in [0.1, 0.15) is 32.1 Å². The monoisotopic (exact) mass is 141 g/mol. The van der Waals surface area contributed by atoms with Gasteiger partial charge in [-0.15, -0.1) is 0 Å². The van der Waals surface area contributed by atoms with Crippen LogP contribution in [0.25, 0.3) is 0 Å². The molecular formula is C8H15NO. The standard InChI is InChI=1S/C8H15NO/c10-8-4-6-2-1-3-7(5-8)9-6/h6-10H,1-5H2/t6-,7+,8?. The van der Waals surface area contributed by atoms with Crippen LogP contribution in [-0.4, -0.2) is 23.3 Å². The SMILES string of the molecule is OC1C[C@H]2CCC[C@@H](C1)N2. The second kappa shape index (κ2) is 2.51. The third-order valence-electron chi connectivity index (χ3n) is 2.69. The molecule has 2 bridgehead atoms. The quantitative estimate of drug-likeness (QED) is 0.519. The summed E-state index contributed by atoms with van der Waals surface area (Å²) >= 11 is 0. The number of nitrogens with one attached hydrogen (secondary N) is 1. The van der Waals surface area contributed by atoms with Crippen LogP contribution in [0.15, 0.2) is 0 Å². The summed E-state index contributed by atoms with van der Waals surface area (Å²) in [5.41, 5.74) is 0. The van der Waals surface area contributed by atoms with Gasteiger partial charge in [0.05, 0.1) is 6.10 Å². The average molecular weight is 141 g/mol. The van der Waals surface area contributed by atoms with E-state index in [0.29, 0.717) is 12.1 Å². The molecule has 2 nitrogen and oxygen atoms in total. The van der Waals surface area contributed by atoms with Gasteiger partial charge in [0.1, 0.15) is 0 Å². The van der Waals surface area contributed by atoms with E-state index in [0.717, 1.165) is 12.8 Å². The Morgan fingerprint density at radius 2 is 1.70 bits per heavy atom. The molecule has 2 heteroatoms. The van der Waals surface area contributed by atoms with Gasteiger partial charge in [-0.25, -0.2) is 0 Å². The number of hydrogen-bond acceptors (Lipinski definition) is 2. The molecule has 2 aliphatic rings. The van der Waals surface area contributed by atoms with Crippen molar-refractivity contribution >= 4 is 0 Å². The van der Waals surface area contributed by atoms with Crippen LogP contribution in [0, 0.1) is 0 Å². The van der Waals surface area contributed by atoms with E-state index >= 15 is 0 Å². The molecule has 2 aliphatic heterocycles. The van der Waals surface area contributed by atoms with Crippen LogP contribution >= 0.6 is 0 Å². The molecule has 0 saturated carbocycles. The Kier molecular flexibility index (Phi) is 1.66. The number of hydrogen-bond donors (Lipinski definition) is 2. The van der Waals surface area contributed by atoms with Gasteiger partial charge in [0.25, 0.3) is 0 Å². The molecular weight excluding hydrogens is 126 g/mol. The van der Waals surface area contributed by atoms with E-state index in [1.54, 1.807) is 0 Å². The fourth-order valence-corrected chi connectivity index (χ4v) is 2.24. The van der Waals surface area contributed by atoms with Gasteiger partial charge in [0, 0.05) is 12.1 Å². The Balaban J connectivity index is 1.98. The molecule has 0 aromatic rings. The van der Waals surface area contributed by atoms with Gasteiger partial charge in [0.2, 0.25) is 0 Å². The third kappa shape index (κ3) is 1.18. The van der Waals surface area contributed by atoms with Crippen molar-refractivity contribution in [3.05, 3.63) is 0 Å². The van der Waals surface area contributed by atoms with Gasteiger partial charge in [-0.1, -0.05) is 6.42 Å². The fourth-order valence-electron chi connectivity index (χ4n) is 2.24. The van der Waals surface area contributed by atoms with Crippen LogP contribution in [0.2, 0.25) is 0 Å². The molecule has 1 unspecified atom stereocenters. The van der Waals surface area contributed by atoms with Crippen molar-refractivity contribution in [2.24, 2.45) is 0 Å². The molecule has 2 fully saturated rings. The van der Waals surface area contributed by atoms with Gasteiger partial charge in [0.15, 0.2) is 0 Å². The maximum atomic E-state index is 9.38. The number of fused-ring (bicyclic) bond motifs is 2. The van der Waals surface area contributed by atoms with E-state index in [9.17, 15) is 5.11 Å². The first-order valence-corrected chi connectivity index (χ1v) is 4.29. The van der Waals surface area contributed by atoms with E-state index in [1.165, 1.54) is 19.3 Å². The number of piperidine rings is 2. The van der Waals surface area contributed by atoms with E-state index in [2.05, 4.69) is 5.32 Å². The molecule has 2 saturated heterocycles. The summed E-state index contributed by atoms with van der Waals surface area (Å²) in [6.07, 6.45) is 5.85. The summed E-state index contributed by atoms with van der Waals surface area (Å²) < 4.78 is 0. The van der Waals surface area contributed by atoms with Gasteiger partial charge >= 0.3 is 0 Å². The van der Waals surface area contributed by atoms with Gasteiger partial charge < -0.3 is 10.4 Å². The molecule has 0 amide bonds. The number of aliphatic hydroxyl groups is 1. The summed E-state index contributed by atoms with van der Waals surface area (Å²) in [6.45, 7) is 0. The first-order chi connectivity index (χ1) is 4.84. The highest BCUT2D eigenvalue weighted by atomic mass is 16.3. The summed E-state index contributed by atoms with van der Waals surface area (Å²) in [7, 11) is 0. The zero-order chi connectivity index (χ0) is 6.97. The summed E-state index contributed by atoms with van der Waals surface area (Å²) in [5.74, 6) is 0. The summed E-state index contributed by atoms with van der Waals surface area (Å²) in [4.78, 5) is 0. The highest BCUT2D eigenvalue weighted by molar-refractivity contribution is 4.88. The maximum absolute atomic E-state index is 9.38. The Hall–Kier alpha value is -0.0800. The fraction of sp³-hybridized carbons (Fsp3) is 1.00. The lowest BCUT2D eigenvalue weighted by molar-refractivity contribution is 0.0741. The van der Waals surface area contributed by atoms with Crippen molar-refractivity contribution in [2.75, 3.05) is 0 Å². The summed E-state index contributed by atoms with van der Waals surface area (Å²) in [5, 5.41) is 12.9. The molecule has 0 aliphatic carbocycles. The van der Waals surface area contributed by atoms with Gasteiger partial charge in [-0.2, -0.15) is 0 Å². The predicted octanol–water partition coefficient (Wildman–Crippen LogP) is 0.652. The Labute approximate surface area is 61.6 Å². The molecule has 3 atom stereocenters. The molecule has 0 aromatic carbocycles. The second-order valence-corrected chi connectivity index (χ2v) is 3.62. The molecule has 58 valence electrons. The van der Waals surface area contributed by atoms with Crippen molar-refractivity contribution in [3.63, 3.8) is 0 Å². The van der Waals surface area contributed by atoms with Gasteiger partial charge in [-0.3, -0.25) is 0 Å². The van der Waals surface area contributed by atoms with Crippen LogP contribution in [-0.2, 0) is 0 Å². The van der Waals surface area contributed by atoms with Gasteiger partial charge in [-0.05, 0) is 25.7 Å². The second-order valence-electron chi connectivity index (χ2n) is 3.62. The lowest BCUT2D eigenvalue weighted by Crippen LogP contribution is -2.50. The minimum Gasteiger partial charge on any atom is -0.393 e. The minimum absolute atomic E-state index is 0.0171. The number of aliphatic hydroxyl groups excluding tert-OH is 1. The molecule has 0 radical (unpaired) electrons. The van der Waals surface area contributed by atoms with Crippen molar-refractivity contribution in [2.45, 2.75) is 50.3 Å². The molecule has 2 heterocycles. The maximum Gasteiger partial charge on any atom is 0.0569 e. The molecule has 0 aromatic heterocycles. The van der Waals surface area contributed by atoms with Crippen molar-refractivity contribution < 1.29 is 5.11 Å². The Morgan fingerprint density at radius 3 is 2.30 bits per heavy atom. The third-order valence-corrected chi connectivity index (χ3v) is 2.69. The molecule has 2 N–H and O–H groups in total. The molecule has 2 rings (SSSR count). The first kappa shape index (κ1) is 6.62. The van der Waals surface area contributed by atoms with Crippen LogP contribution in [0.5, 0.6) is 0 Å². The van der Waals surface area contributed by atoms with Crippen molar-refractivity contribution in [3.8, 4) is 0 Å². The number of rotatable bonds is 0. The van der Waals surface area contributed by atoms with Crippen molar-refractivity contribution in [1.82, 2.24) is 5.32 Å². The predicted molar refractivity (Wildman–Crippen MR) is 39.8 cm³/mol. The van der Waals surface area contributed by atoms with E-state index in [1.807, 2.05) is 0 Å². The Morgan fingerprint density at radius 1 is 1.10 bits per heavy atom. The lowest BCUT2D eigenvalue weighted by atomic mass is 9.85. The zero-order valence-corrected chi connectivity index (χ0v) is 6.21.